The first-order chi connectivity index (χ1) is 19.0. The van der Waals surface area contributed by atoms with Gasteiger partial charge in [0.25, 0.3) is 5.56 Å². The highest BCUT2D eigenvalue weighted by Crippen LogP contribution is 2.35. The average molecular weight is 603 g/mol. The monoisotopic (exact) mass is 601 g/mol. The van der Waals surface area contributed by atoms with Crippen LogP contribution in [0.5, 0.6) is 5.75 Å². The van der Waals surface area contributed by atoms with Crippen LogP contribution in [0.15, 0.2) is 110 Å². The molecule has 0 saturated carbocycles. The Hall–Kier alpha value is -4.27. The van der Waals surface area contributed by atoms with Crippen LogP contribution in [-0.4, -0.2) is 15.9 Å². The molecule has 0 aliphatic heterocycles. The van der Waals surface area contributed by atoms with Gasteiger partial charge >= 0.3 is 0 Å². The van der Waals surface area contributed by atoms with Gasteiger partial charge in [-0.05, 0) is 75.6 Å². The lowest BCUT2D eigenvalue weighted by Crippen LogP contribution is -2.20. The molecular weight excluding hydrogens is 585 g/mol. The fourth-order valence-corrected chi connectivity index (χ4v) is 5.12. The van der Waals surface area contributed by atoms with Crippen LogP contribution in [0.25, 0.3) is 33.5 Å². The Morgan fingerprint density at radius 3 is 2.59 bits per heavy atom. The van der Waals surface area contributed by atoms with Gasteiger partial charge in [-0.25, -0.2) is 9.37 Å². The average Bonchev–Trinajstić information content (AvgIpc) is 3.37. The Bertz CT molecular complexity index is 1880. The van der Waals surface area contributed by atoms with Gasteiger partial charge in [-0.1, -0.05) is 54.1 Å². The predicted octanol–water partition coefficient (Wildman–Crippen LogP) is 7.83. The third kappa shape index (κ3) is 5.08. The highest BCUT2D eigenvalue weighted by Gasteiger charge is 2.17. The molecule has 2 aromatic heterocycles. The summed E-state index contributed by atoms with van der Waals surface area (Å²) in [6, 6.07) is 26.0. The first-order valence-corrected chi connectivity index (χ1v) is 13.0. The molecule has 6 nitrogen and oxygen atoms in total. The minimum absolute atomic E-state index is 0.213. The highest BCUT2D eigenvalue weighted by molar-refractivity contribution is 9.10. The first-order valence-electron chi connectivity index (χ1n) is 11.9. The summed E-state index contributed by atoms with van der Waals surface area (Å²) >= 11 is 10.0. The van der Waals surface area contributed by atoms with Crippen molar-refractivity contribution in [2.45, 2.75) is 6.61 Å². The summed E-state index contributed by atoms with van der Waals surface area (Å²) in [6.45, 7) is 0.213. The zero-order valence-corrected chi connectivity index (χ0v) is 22.5. The van der Waals surface area contributed by atoms with Gasteiger partial charge in [0, 0.05) is 5.39 Å². The van der Waals surface area contributed by atoms with Gasteiger partial charge in [-0.15, -0.1) is 0 Å². The lowest BCUT2D eigenvalue weighted by Gasteiger charge is -2.11. The second-order valence-electron chi connectivity index (χ2n) is 8.69. The number of halogens is 3. The van der Waals surface area contributed by atoms with Gasteiger partial charge in [0.2, 0.25) is 5.82 Å². The molecule has 39 heavy (non-hydrogen) atoms. The molecule has 0 aliphatic carbocycles. The number of hydrogen-bond donors (Lipinski definition) is 0. The molecule has 0 bridgehead atoms. The van der Waals surface area contributed by atoms with Crippen LogP contribution in [0.2, 0.25) is 5.02 Å². The van der Waals surface area contributed by atoms with E-state index in [4.69, 9.17) is 25.7 Å². The van der Waals surface area contributed by atoms with E-state index < -0.39 is 0 Å². The smallest absolute Gasteiger partial charge is 0.282 e. The van der Waals surface area contributed by atoms with E-state index in [-0.39, 0.29) is 23.8 Å². The van der Waals surface area contributed by atoms with Gasteiger partial charge in [-0.2, -0.15) is 9.78 Å². The van der Waals surface area contributed by atoms with E-state index in [1.165, 1.54) is 23.0 Å². The number of hydrogen-bond acceptors (Lipinski definition) is 5. The molecule has 9 heteroatoms. The van der Waals surface area contributed by atoms with Gasteiger partial charge in [0.15, 0.2) is 11.5 Å². The maximum atomic E-state index is 13.5. The van der Waals surface area contributed by atoms with Gasteiger partial charge in [-0.3, -0.25) is 4.79 Å². The zero-order valence-electron chi connectivity index (χ0n) is 20.1. The second kappa shape index (κ2) is 10.5. The molecular formula is C30H18BrClFN3O3. The molecule has 0 amide bonds. The Balaban J connectivity index is 1.37. The zero-order chi connectivity index (χ0) is 26.9. The lowest BCUT2D eigenvalue weighted by molar-refractivity contribution is 0.304. The fourth-order valence-electron chi connectivity index (χ4n) is 4.13. The number of furan rings is 1. The van der Waals surface area contributed by atoms with Crippen molar-refractivity contribution in [1.29, 1.82) is 0 Å². The molecule has 0 unspecified atom stereocenters. The maximum Gasteiger partial charge on any atom is 0.282 e. The fraction of sp³-hybridized carbons (Fsp3) is 0.0333. The molecule has 2 heterocycles. The highest BCUT2D eigenvalue weighted by atomic mass is 79.9. The van der Waals surface area contributed by atoms with Crippen molar-refractivity contribution in [2.75, 3.05) is 0 Å². The van der Waals surface area contributed by atoms with E-state index in [9.17, 15) is 9.18 Å². The number of rotatable bonds is 6. The van der Waals surface area contributed by atoms with E-state index >= 15 is 0 Å². The number of aromatic nitrogens is 2. The number of para-hydroxylation sites is 2. The molecule has 0 aliphatic rings. The van der Waals surface area contributed by atoms with E-state index in [1.54, 1.807) is 42.5 Å². The van der Waals surface area contributed by atoms with Crippen molar-refractivity contribution in [3.8, 4) is 17.3 Å². The Kier molecular flexibility index (Phi) is 6.72. The summed E-state index contributed by atoms with van der Waals surface area (Å²) in [5.74, 6) is 0.812. The summed E-state index contributed by atoms with van der Waals surface area (Å²) in [4.78, 5) is 18.2. The summed E-state index contributed by atoms with van der Waals surface area (Å²) in [5, 5.41) is 6.14. The van der Waals surface area contributed by atoms with Crippen LogP contribution in [-0.2, 0) is 6.61 Å². The summed E-state index contributed by atoms with van der Waals surface area (Å²) < 4.78 is 26.9. The van der Waals surface area contributed by atoms with Crippen molar-refractivity contribution in [3.63, 3.8) is 0 Å². The van der Waals surface area contributed by atoms with Crippen LogP contribution in [0.4, 0.5) is 4.39 Å². The summed E-state index contributed by atoms with van der Waals surface area (Å²) in [5.41, 5.74) is 2.30. The molecule has 0 radical (unpaired) electrons. The van der Waals surface area contributed by atoms with Crippen molar-refractivity contribution >= 4 is 55.6 Å². The standard InChI is InChI=1S/C30H18BrClFN3O3/c31-23-13-19(14-24(32)28(23)38-17-18-9-11-21(33)12-10-18)16-34-36-29(27-15-20-5-1-4-8-26(20)39-27)35-25-7-3-2-6-22(25)30(36)37/h1-16H,17H2. The van der Waals surface area contributed by atoms with Crippen LogP contribution in [0.3, 0.4) is 0 Å². The van der Waals surface area contributed by atoms with E-state index in [0.29, 0.717) is 43.1 Å². The van der Waals surface area contributed by atoms with Crippen LogP contribution in [0.1, 0.15) is 11.1 Å². The molecule has 192 valence electrons. The summed E-state index contributed by atoms with van der Waals surface area (Å²) in [6.07, 6.45) is 1.52. The predicted molar refractivity (Wildman–Crippen MR) is 154 cm³/mol. The van der Waals surface area contributed by atoms with Crippen molar-refractivity contribution < 1.29 is 13.5 Å². The summed E-state index contributed by atoms with van der Waals surface area (Å²) in [7, 11) is 0. The Labute approximate surface area is 235 Å². The largest absolute Gasteiger partial charge is 0.486 e. The van der Waals surface area contributed by atoms with Crippen molar-refractivity contribution in [3.05, 3.63) is 128 Å². The molecule has 0 saturated heterocycles. The molecule has 6 rings (SSSR count). The molecule has 4 aromatic carbocycles. The van der Waals surface area contributed by atoms with E-state index in [0.717, 1.165) is 10.9 Å². The number of fused-ring (bicyclic) bond motifs is 2. The van der Waals surface area contributed by atoms with Crippen LogP contribution < -0.4 is 10.3 Å². The third-order valence-corrected chi connectivity index (χ3v) is 6.91. The molecule has 0 atom stereocenters. The molecule has 0 fully saturated rings. The number of ether oxygens (including phenoxy) is 1. The number of nitrogens with zero attached hydrogens (tertiary/aromatic N) is 3. The quantitative estimate of drug-likeness (QED) is 0.182. The molecule has 0 spiro atoms. The second-order valence-corrected chi connectivity index (χ2v) is 9.95. The van der Waals surface area contributed by atoms with Gasteiger partial charge in [0.1, 0.15) is 18.0 Å². The maximum absolute atomic E-state index is 13.5. The van der Waals surface area contributed by atoms with E-state index in [2.05, 4.69) is 21.0 Å². The molecule has 0 N–H and O–H groups in total. The van der Waals surface area contributed by atoms with Crippen LogP contribution >= 0.6 is 27.5 Å². The lowest BCUT2D eigenvalue weighted by atomic mass is 10.2. The minimum Gasteiger partial charge on any atom is -0.486 e. The third-order valence-electron chi connectivity index (χ3n) is 6.04. The Morgan fingerprint density at radius 2 is 1.79 bits per heavy atom. The van der Waals surface area contributed by atoms with Crippen molar-refractivity contribution in [2.24, 2.45) is 5.10 Å². The van der Waals surface area contributed by atoms with Gasteiger partial charge < -0.3 is 9.15 Å². The normalized spacial score (nSPS) is 11.6. The van der Waals surface area contributed by atoms with Crippen LogP contribution in [0, 0.1) is 5.82 Å². The van der Waals surface area contributed by atoms with Gasteiger partial charge in [0.05, 0.1) is 26.6 Å². The topological polar surface area (TPSA) is 69.6 Å². The molecule has 6 aromatic rings. The minimum atomic E-state index is -0.336. The Morgan fingerprint density at radius 1 is 1.03 bits per heavy atom. The number of benzene rings is 4. The SMILES string of the molecule is O=c1c2ccccc2nc(-c2cc3ccccc3o2)n1N=Cc1cc(Cl)c(OCc2ccc(F)cc2)c(Br)c1. The first kappa shape index (κ1) is 25.0. The van der Waals surface area contributed by atoms with Crippen molar-refractivity contribution in [1.82, 2.24) is 9.66 Å². The van der Waals surface area contributed by atoms with E-state index in [1.807, 2.05) is 36.4 Å².